The summed E-state index contributed by atoms with van der Waals surface area (Å²) in [6.45, 7) is 2.04. The first-order valence-electron chi connectivity index (χ1n) is 7.82. The topological polar surface area (TPSA) is 61.4 Å². The maximum atomic E-state index is 11.6. The fraction of sp³-hybridized carbons (Fsp3) is 0.471. The van der Waals surface area contributed by atoms with Gasteiger partial charge < -0.3 is 15.5 Å². The second kappa shape index (κ2) is 9.94. The van der Waals surface area contributed by atoms with Crippen LogP contribution in [0.2, 0.25) is 0 Å². The summed E-state index contributed by atoms with van der Waals surface area (Å²) in [5, 5.41) is 5.95. The van der Waals surface area contributed by atoms with Crippen LogP contribution in [-0.2, 0) is 16.0 Å². The largest absolute Gasteiger partial charge is 0.349 e. The van der Waals surface area contributed by atoms with Gasteiger partial charge in [0.2, 0.25) is 11.8 Å². The van der Waals surface area contributed by atoms with Crippen LogP contribution in [0.15, 0.2) is 24.3 Å². The van der Waals surface area contributed by atoms with Gasteiger partial charge in [-0.25, -0.2) is 0 Å². The van der Waals surface area contributed by atoms with Crippen molar-refractivity contribution < 1.29 is 9.59 Å². The first kappa shape index (κ1) is 19.1. The number of amides is 2. The van der Waals surface area contributed by atoms with Gasteiger partial charge in [-0.1, -0.05) is 25.5 Å². The summed E-state index contributed by atoms with van der Waals surface area (Å²) in [6.07, 6.45) is 3.51. The Morgan fingerprint density at radius 2 is 1.78 bits per heavy atom. The predicted molar refractivity (Wildman–Crippen MR) is 97.3 cm³/mol. The molecule has 2 N–H and O–H groups in total. The lowest BCUT2D eigenvalue weighted by Crippen LogP contribution is -2.33. The Balaban J connectivity index is 2.43. The van der Waals surface area contributed by atoms with E-state index in [2.05, 4.69) is 10.6 Å². The van der Waals surface area contributed by atoms with Gasteiger partial charge in [-0.3, -0.25) is 9.59 Å². The number of nitrogens with zero attached hydrogens (tertiary/aromatic N) is 1. The van der Waals surface area contributed by atoms with Gasteiger partial charge in [-0.05, 0) is 42.8 Å². The van der Waals surface area contributed by atoms with Crippen molar-refractivity contribution in [3.63, 3.8) is 0 Å². The molecule has 6 heteroatoms. The van der Waals surface area contributed by atoms with Gasteiger partial charge in [0.25, 0.3) is 0 Å². The van der Waals surface area contributed by atoms with Gasteiger partial charge in [-0.15, -0.1) is 0 Å². The zero-order valence-electron chi connectivity index (χ0n) is 14.0. The smallest absolute Gasteiger partial charge is 0.226 e. The van der Waals surface area contributed by atoms with E-state index in [1.165, 1.54) is 0 Å². The SMILES string of the molecule is CCCCC(=O)NC(=S)Nc1ccc(CCC(=O)N(C)C)cc1. The Hall–Kier alpha value is -1.95. The molecule has 1 rings (SSSR count). The van der Waals surface area contributed by atoms with Crippen LogP contribution in [0.3, 0.4) is 0 Å². The van der Waals surface area contributed by atoms with Crippen molar-refractivity contribution >= 4 is 34.8 Å². The molecule has 0 fully saturated rings. The monoisotopic (exact) mass is 335 g/mol. The molecule has 23 heavy (non-hydrogen) atoms. The molecule has 0 heterocycles. The number of rotatable bonds is 7. The number of benzene rings is 1. The lowest BCUT2D eigenvalue weighted by molar-refractivity contribution is -0.128. The van der Waals surface area contributed by atoms with E-state index < -0.39 is 0 Å². The highest BCUT2D eigenvalue weighted by atomic mass is 32.1. The Kier molecular flexibility index (Phi) is 8.26. The number of aryl methyl sites for hydroxylation is 1. The molecule has 5 nitrogen and oxygen atoms in total. The van der Waals surface area contributed by atoms with E-state index in [1.807, 2.05) is 31.2 Å². The molecule has 126 valence electrons. The normalized spacial score (nSPS) is 10.0. The second-order valence-corrected chi connectivity index (χ2v) is 6.00. The van der Waals surface area contributed by atoms with Crippen molar-refractivity contribution in [1.29, 1.82) is 0 Å². The fourth-order valence-electron chi connectivity index (χ4n) is 1.92. The molecule has 0 unspecified atom stereocenters. The lowest BCUT2D eigenvalue weighted by Gasteiger charge is -2.11. The molecule has 0 aliphatic carbocycles. The van der Waals surface area contributed by atoms with Gasteiger partial charge in [0, 0.05) is 32.6 Å². The van der Waals surface area contributed by atoms with Crippen LogP contribution in [0.4, 0.5) is 5.69 Å². The highest BCUT2D eigenvalue weighted by Gasteiger charge is 2.06. The van der Waals surface area contributed by atoms with Gasteiger partial charge in [0.1, 0.15) is 0 Å². The van der Waals surface area contributed by atoms with Crippen molar-refractivity contribution in [3.8, 4) is 0 Å². The van der Waals surface area contributed by atoms with Crippen LogP contribution in [0.1, 0.15) is 38.2 Å². The molecular weight excluding hydrogens is 310 g/mol. The first-order chi connectivity index (χ1) is 10.9. The number of carbonyl (C=O) groups is 2. The third kappa shape index (κ3) is 7.74. The van der Waals surface area contributed by atoms with E-state index in [0.29, 0.717) is 24.4 Å². The molecule has 0 bridgehead atoms. The second-order valence-electron chi connectivity index (χ2n) is 5.59. The summed E-state index contributed by atoms with van der Waals surface area (Å²) in [7, 11) is 3.51. The van der Waals surface area contributed by atoms with Crippen LogP contribution < -0.4 is 10.6 Å². The van der Waals surface area contributed by atoms with Crippen molar-refractivity contribution in [2.24, 2.45) is 0 Å². The summed E-state index contributed by atoms with van der Waals surface area (Å²) in [5.74, 6) is 0.0475. The van der Waals surface area contributed by atoms with Crippen LogP contribution in [0.25, 0.3) is 0 Å². The number of anilines is 1. The molecule has 0 atom stereocenters. The maximum Gasteiger partial charge on any atom is 0.226 e. The Morgan fingerprint density at radius 1 is 1.13 bits per heavy atom. The van der Waals surface area contributed by atoms with Crippen LogP contribution >= 0.6 is 12.2 Å². The predicted octanol–water partition coefficient (Wildman–Crippen LogP) is 2.71. The number of thiocarbonyl (C=S) groups is 1. The molecule has 2 amide bonds. The summed E-state index contributed by atoms with van der Waals surface area (Å²) in [5.41, 5.74) is 1.90. The number of carbonyl (C=O) groups excluding carboxylic acids is 2. The number of nitrogens with one attached hydrogen (secondary N) is 2. The van der Waals surface area contributed by atoms with E-state index in [-0.39, 0.29) is 11.8 Å². The average Bonchev–Trinajstić information content (AvgIpc) is 2.51. The number of hydrogen-bond acceptors (Lipinski definition) is 3. The van der Waals surface area contributed by atoms with E-state index in [9.17, 15) is 9.59 Å². The molecule has 1 aromatic carbocycles. The summed E-state index contributed by atoms with van der Waals surface area (Å²) in [4.78, 5) is 24.7. The molecular formula is C17H25N3O2S. The van der Waals surface area contributed by atoms with E-state index >= 15 is 0 Å². The molecule has 0 saturated heterocycles. The van der Waals surface area contributed by atoms with Crippen LogP contribution in [0.5, 0.6) is 0 Å². The Labute approximate surface area is 143 Å². The molecule has 0 aliphatic heterocycles. The summed E-state index contributed by atoms with van der Waals surface area (Å²) < 4.78 is 0. The third-order valence-electron chi connectivity index (χ3n) is 3.35. The first-order valence-corrected chi connectivity index (χ1v) is 8.23. The van der Waals surface area contributed by atoms with Crippen molar-refractivity contribution in [1.82, 2.24) is 10.2 Å². The van der Waals surface area contributed by atoms with E-state index in [4.69, 9.17) is 12.2 Å². The van der Waals surface area contributed by atoms with Crippen LogP contribution in [0, 0.1) is 0 Å². The van der Waals surface area contributed by atoms with Crippen molar-refractivity contribution in [2.75, 3.05) is 19.4 Å². The summed E-state index contributed by atoms with van der Waals surface area (Å²) in [6, 6.07) is 7.68. The number of hydrogen-bond donors (Lipinski definition) is 2. The lowest BCUT2D eigenvalue weighted by atomic mass is 10.1. The third-order valence-corrected chi connectivity index (χ3v) is 3.55. The minimum Gasteiger partial charge on any atom is -0.349 e. The Morgan fingerprint density at radius 3 is 2.35 bits per heavy atom. The molecule has 0 spiro atoms. The zero-order valence-corrected chi connectivity index (χ0v) is 14.8. The quantitative estimate of drug-likeness (QED) is 0.752. The van der Waals surface area contributed by atoms with Gasteiger partial charge >= 0.3 is 0 Å². The van der Waals surface area contributed by atoms with Gasteiger partial charge in [-0.2, -0.15) is 0 Å². The average molecular weight is 335 g/mol. The molecule has 0 aliphatic rings. The Bertz CT molecular complexity index is 541. The molecule has 0 radical (unpaired) electrons. The zero-order chi connectivity index (χ0) is 17.2. The molecule has 0 aromatic heterocycles. The molecule has 0 saturated carbocycles. The van der Waals surface area contributed by atoms with E-state index in [1.54, 1.807) is 19.0 Å². The number of unbranched alkanes of at least 4 members (excludes halogenated alkanes) is 1. The van der Waals surface area contributed by atoms with Gasteiger partial charge in [0.05, 0.1) is 0 Å². The van der Waals surface area contributed by atoms with Crippen LogP contribution in [-0.4, -0.2) is 35.9 Å². The maximum absolute atomic E-state index is 11.6. The fourth-order valence-corrected chi connectivity index (χ4v) is 2.15. The van der Waals surface area contributed by atoms with Crippen molar-refractivity contribution in [2.45, 2.75) is 39.0 Å². The summed E-state index contributed by atoms with van der Waals surface area (Å²) >= 11 is 5.12. The standard InChI is InChI=1S/C17H25N3O2S/c1-4-5-6-15(21)19-17(23)18-14-10-7-13(8-11-14)9-12-16(22)20(2)3/h7-8,10-11H,4-6,9,12H2,1-3H3,(H2,18,19,21,23). The molecule has 1 aromatic rings. The highest BCUT2D eigenvalue weighted by molar-refractivity contribution is 7.80. The van der Waals surface area contributed by atoms with Crippen molar-refractivity contribution in [3.05, 3.63) is 29.8 Å². The minimum atomic E-state index is -0.0665. The van der Waals surface area contributed by atoms with Gasteiger partial charge in [0.15, 0.2) is 5.11 Å². The van der Waals surface area contributed by atoms with E-state index in [0.717, 1.165) is 24.1 Å². The highest BCUT2D eigenvalue weighted by Crippen LogP contribution is 2.11. The minimum absolute atomic E-state index is 0.0665.